The predicted molar refractivity (Wildman–Crippen MR) is 104 cm³/mol. The van der Waals surface area contributed by atoms with Crippen LogP contribution in [0.5, 0.6) is 0 Å². The molecule has 8 heteroatoms. The number of amides is 1. The molecule has 136 valence electrons. The van der Waals surface area contributed by atoms with Crippen molar-refractivity contribution in [1.82, 2.24) is 10.3 Å². The van der Waals surface area contributed by atoms with Gasteiger partial charge in [0, 0.05) is 41.5 Å². The molecule has 0 bridgehead atoms. The molecule has 1 fully saturated rings. The van der Waals surface area contributed by atoms with Crippen LogP contribution in [-0.4, -0.2) is 36.7 Å². The normalized spacial score (nSPS) is 17.0. The van der Waals surface area contributed by atoms with Gasteiger partial charge in [0.2, 0.25) is 5.91 Å². The number of aromatic nitrogens is 1. The van der Waals surface area contributed by atoms with Crippen LogP contribution in [0.2, 0.25) is 5.02 Å². The van der Waals surface area contributed by atoms with Gasteiger partial charge in [0.15, 0.2) is 5.13 Å². The SMILES string of the molecule is Cc1cc(Cl)ccc1Cc1cnc(NC(=O)CC2COCCN2)s1.Cl. The number of halogens is 2. The Balaban J connectivity index is 0.00000225. The summed E-state index contributed by atoms with van der Waals surface area (Å²) < 4.78 is 5.36. The van der Waals surface area contributed by atoms with Crippen LogP contribution in [0, 0.1) is 6.92 Å². The van der Waals surface area contributed by atoms with Crippen molar-refractivity contribution in [1.29, 1.82) is 0 Å². The molecule has 2 N–H and O–H groups in total. The van der Waals surface area contributed by atoms with Crippen LogP contribution in [0.25, 0.3) is 0 Å². The Morgan fingerprint density at radius 2 is 2.36 bits per heavy atom. The fourth-order valence-electron chi connectivity index (χ4n) is 2.64. The van der Waals surface area contributed by atoms with Gasteiger partial charge in [0.05, 0.1) is 13.2 Å². The maximum Gasteiger partial charge on any atom is 0.227 e. The van der Waals surface area contributed by atoms with Gasteiger partial charge in [-0.15, -0.1) is 23.7 Å². The maximum absolute atomic E-state index is 12.1. The minimum absolute atomic E-state index is 0. The van der Waals surface area contributed by atoms with Crippen molar-refractivity contribution in [2.24, 2.45) is 0 Å². The number of aryl methyl sites for hydroxylation is 1. The Labute approximate surface area is 162 Å². The number of hydrogen-bond acceptors (Lipinski definition) is 5. The molecule has 1 atom stereocenters. The molecule has 1 aliphatic rings. The zero-order valence-electron chi connectivity index (χ0n) is 13.9. The van der Waals surface area contributed by atoms with Crippen molar-refractivity contribution in [3.8, 4) is 0 Å². The van der Waals surface area contributed by atoms with Gasteiger partial charge in [-0.25, -0.2) is 4.98 Å². The van der Waals surface area contributed by atoms with E-state index in [9.17, 15) is 4.79 Å². The Kier molecular flexibility index (Phi) is 7.65. The summed E-state index contributed by atoms with van der Waals surface area (Å²) in [6.07, 6.45) is 3.00. The summed E-state index contributed by atoms with van der Waals surface area (Å²) in [7, 11) is 0. The van der Waals surface area contributed by atoms with E-state index in [0.29, 0.717) is 24.8 Å². The van der Waals surface area contributed by atoms with Crippen molar-refractivity contribution in [3.63, 3.8) is 0 Å². The molecule has 0 radical (unpaired) electrons. The van der Waals surface area contributed by atoms with E-state index in [1.807, 2.05) is 31.3 Å². The summed E-state index contributed by atoms with van der Waals surface area (Å²) in [4.78, 5) is 17.5. The first-order valence-electron chi connectivity index (χ1n) is 7.91. The zero-order valence-corrected chi connectivity index (χ0v) is 16.3. The average molecular weight is 402 g/mol. The van der Waals surface area contributed by atoms with E-state index in [4.69, 9.17) is 16.3 Å². The molecule has 1 aliphatic heterocycles. The fraction of sp³-hybridized carbons (Fsp3) is 0.412. The first-order valence-corrected chi connectivity index (χ1v) is 9.10. The number of carbonyl (C=O) groups excluding carboxylic acids is 1. The predicted octanol–water partition coefficient (Wildman–Crippen LogP) is 3.43. The number of rotatable bonds is 5. The van der Waals surface area contributed by atoms with Gasteiger partial charge >= 0.3 is 0 Å². The number of morpholine rings is 1. The van der Waals surface area contributed by atoms with Gasteiger partial charge in [-0.2, -0.15) is 0 Å². The van der Waals surface area contributed by atoms with E-state index >= 15 is 0 Å². The van der Waals surface area contributed by atoms with Gasteiger partial charge in [-0.1, -0.05) is 17.7 Å². The van der Waals surface area contributed by atoms with E-state index in [1.54, 1.807) is 0 Å². The molecular weight excluding hydrogens is 381 g/mol. The molecule has 0 spiro atoms. The quantitative estimate of drug-likeness (QED) is 0.805. The first-order chi connectivity index (χ1) is 11.6. The summed E-state index contributed by atoms with van der Waals surface area (Å²) in [6.45, 7) is 4.12. The van der Waals surface area contributed by atoms with Gasteiger partial charge < -0.3 is 15.4 Å². The largest absolute Gasteiger partial charge is 0.378 e. The Bertz CT molecular complexity index is 718. The Morgan fingerprint density at radius 3 is 3.08 bits per heavy atom. The number of nitrogens with zero attached hydrogens (tertiary/aromatic N) is 1. The van der Waals surface area contributed by atoms with Crippen LogP contribution < -0.4 is 10.6 Å². The van der Waals surface area contributed by atoms with Crippen molar-refractivity contribution in [3.05, 3.63) is 45.4 Å². The van der Waals surface area contributed by atoms with Gasteiger partial charge in [-0.3, -0.25) is 4.79 Å². The van der Waals surface area contributed by atoms with Gasteiger partial charge in [0.1, 0.15) is 0 Å². The highest BCUT2D eigenvalue weighted by atomic mass is 35.5. The second-order valence-electron chi connectivity index (χ2n) is 5.86. The smallest absolute Gasteiger partial charge is 0.227 e. The molecule has 3 rings (SSSR count). The lowest BCUT2D eigenvalue weighted by Crippen LogP contribution is -2.43. The number of carbonyl (C=O) groups is 1. The molecule has 1 aromatic heterocycles. The number of hydrogen-bond donors (Lipinski definition) is 2. The first kappa shape index (κ1) is 20.1. The van der Waals surface area contributed by atoms with Gasteiger partial charge in [0.25, 0.3) is 0 Å². The Hall–Kier alpha value is -1.18. The van der Waals surface area contributed by atoms with Crippen molar-refractivity contribution in [2.45, 2.75) is 25.8 Å². The van der Waals surface area contributed by atoms with E-state index in [0.717, 1.165) is 28.4 Å². The number of benzene rings is 1. The number of nitrogens with one attached hydrogen (secondary N) is 2. The minimum atomic E-state index is -0.0402. The highest BCUT2D eigenvalue weighted by Crippen LogP contribution is 2.24. The Morgan fingerprint density at radius 1 is 1.52 bits per heavy atom. The molecule has 2 heterocycles. The zero-order chi connectivity index (χ0) is 16.9. The van der Waals surface area contributed by atoms with Crippen LogP contribution in [0.4, 0.5) is 5.13 Å². The molecule has 5 nitrogen and oxygen atoms in total. The summed E-state index contributed by atoms with van der Waals surface area (Å²) >= 11 is 7.49. The summed E-state index contributed by atoms with van der Waals surface area (Å²) in [6, 6.07) is 5.96. The van der Waals surface area contributed by atoms with Crippen molar-refractivity contribution in [2.75, 3.05) is 25.1 Å². The van der Waals surface area contributed by atoms with E-state index in [1.165, 1.54) is 16.9 Å². The van der Waals surface area contributed by atoms with Gasteiger partial charge in [-0.05, 0) is 30.2 Å². The molecule has 1 amide bonds. The van der Waals surface area contributed by atoms with Crippen molar-refractivity contribution >= 4 is 46.4 Å². The third kappa shape index (κ3) is 5.94. The minimum Gasteiger partial charge on any atom is -0.378 e. The molecule has 1 aromatic carbocycles. The summed E-state index contributed by atoms with van der Waals surface area (Å²) in [5.41, 5.74) is 2.37. The van der Waals surface area contributed by atoms with E-state index in [-0.39, 0.29) is 24.4 Å². The van der Waals surface area contributed by atoms with Crippen LogP contribution >= 0.6 is 35.3 Å². The molecule has 1 saturated heterocycles. The molecule has 25 heavy (non-hydrogen) atoms. The highest BCUT2D eigenvalue weighted by molar-refractivity contribution is 7.15. The number of thiazole rings is 1. The molecule has 0 aliphatic carbocycles. The molecule has 0 saturated carbocycles. The summed E-state index contributed by atoms with van der Waals surface area (Å²) in [5.74, 6) is -0.0402. The lowest BCUT2D eigenvalue weighted by molar-refractivity contribution is -0.117. The third-order valence-electron chi connectivity index (χ3n) is 3.90. The van der Waals surface area contributed by atoms with E-state index < -0.39 is 0 Å². The van der Waals surface area contributed by atoms with Crippen LogP contribution in [-0.2, 0) is 16.0 Å². The third-order valence-corrected chi connectivity index (χ3v) is 5.05. The summed E-state index contributed by atoms with van der Waals surface area (Å²) in [5, 5.41) is 7.52. The second-order valence-corrected chi connectivity index (χ2v) is 7.41. The highest BCUT2D eigenvalue weighted by Gasteiger charge is 2.17. The van der Waals surface area contributed by atoms with E-state index in [2.05, 4.69) is 15.6 Å². The fourth-order valence-corrected chi connectivity index (χ4v) is 3.72. The van der Waals surface area contributed by atoms with Crippen LogP contribution in [0.3, 0.4) is 0 Å². The second kappa shape index (κ2) is 9.50. The standard InChI is InChI=1S/C17H20ClN3O2S.ClH/c1-11-6-13(18)3-2-12(11)7-15-9-20-17(24-15)21-16(22)8-14-10-23-5-4-19-14;/h2-3,6,9,14,19H,4-5,7-8,10H2,1H3,(H,20,21,22);1H. The van der Waals surface area contributed by atoms with Crippen molar-refractivity contribution < 1.29 is 9.53 Å². The van der Waals surface area contributed by atoms with Crippen LogP contribution in [0.15, 0.2) is 24.4 Å². The average Bonchev–Trinajstić information content (AvgIpc) is 2.98. The maximum atomic E-state index is 12.1. The number of anilines is 1. The monoisotopic (exact) mass is 401 g/mol. The lowest BCUT2D eigenvalue weighted by Gasteiger charge is -2.22. The van der Waals surface area contributed by atoms with Crippen LogP contribution in [0.1, 0.15) is 22.4 Å². The topological polar surface area (TPSA) is 63.2 Å². The number of ether oxygens (including phenoxy) is 1. The lowest BCUT2D eigenvalue weighted by atomic mass is 10.1. The molecule has 2 aromatic rings. The molecular formula is C17H21Cl2N3O2S. The molecule has 1 unspecified atom stereocenters.